The number of para-hydroxylation sites is 1. The molecule has 0 N–H and O–H groups in total. The fourth-order valence-corrected chi connectivity index (χ4v) is 4.51. The van der Waals surface area contributed by atoms with Crippen molar-refractivity contribution in [2.24, 2.45) is 0 Å². The molecular weight excluding hydrogens is 459 g/mol. The number of methoxy groups -OCH3 is 2. The van der Waals surface area contributed by atoms with Gasteiger partial charge in [0, 0.05) is 44.7 Å². The van der Waals surface area contributed by atoms with Gasteiger partial charge in [0.25, 0.3) is 0 Å². The van der Waals surface area contributed by atoms with Gasteiger partial charge in [-0.05, 0) is 36.7 Å². The van der Waals surface area contributed by atoms with Crippen molar-refractivity contribution in [3.05, 3.63) is 65.4 Å². The van der Waals surface area contributed by atoms with E-state index in [1.54, 1.807) is 26.4 Å². The zero-order chi connectivity index (χ0) is 24.8. The Hall–Kier alpha value is -3.04. The van der Waals surface area contributed by atoms with Crippen molar-refractivity contribution < 1.29 is 27.2 Å². The average Bonchev–Trinajstić information content (AvgIpc) is 3.27. The van der Waals surface area contributed by atoms with Gasteiger partial charge in [0.05, 0.1) is 19.8 Å². The highest BCUT2D eigenvalue weighted by Gasteiger charge is 2.33. The second kappa shape index (κ2) is 11.1. The molecule has 3 aromatic rings. The zero-order valence-electron chi connectivity index (χ0n) is 20.0. The van der Waals surface area contributed by atoms with Crippen LogP contribution >= 0.6 is 0 Å². The number of benzene rings is 2. The van der Waals surface area contributed by atoms with Crippen LogP contribution in [0.3, 0.4) is 0 Å². The lowest BCUT2D eigenvalue weighted by molar-refractivity contribution is -0.138. The van der Waals surface area contributed by atoms with E-state index in [9.17, 15) is 13.2 Å². The third-order valence-corrected chi connectivity index (χ3v) is 6.34. The van der Waals surface area contributed by atoms with Crippen molar-refractivity contribution in [1.29, 1.82) is 0 Å². The van der Waals surface area contributed by atoms with Crippen LogP contribution in [-0.2, 0) is 19.1 Å². The van der Waals surface area contributed by atoms with E-state index in [0.29, 0.717) is 41.5 Å². The smallest absolute Gasteiger partial charge is 0.416 e. The van der Waals surface area contributed by atoms with Crippen LogP contribution < -0.4 is 9.47 Å². The van der Waals surface area contributed by atoms with E-state index >= 15 is 0 Å². The first-order chi connectivity index (χ1) is 16.9. The fraction of sp³-hybridized carbons (Fsp3) is 0.423. The monoisotopic (exact) mass is 489 g/mol. The van der Waals surface area contributed by atoms with E-state index in [-0.39, 0.29) is 0 Å². The standard InChI is InChI=1S/C26H30F3N3O3/c1-33-22-11-6-4-9-20(22)24-25(34-2)23(35-30-24)12-7-13-31-14-16-32(17-15-31)18-19-8-3-5-10-21(19)26(27,28)29/h3-6,8-11H,7,12-18H2,1-2H3. The Morgan fingerprint density at radius 1 is 0.914 bits per heavy atom. The first-order valence-electron chi connectivity index (χ1n) is 11.7. The summed E-state index contributed by atoms with van der Waals surface area (Å²) < 4.78 is 56.5. The largest absolute Gasteiger partial charge is 0.496 e. The van der Waals surface area contributed by atoms with Crippen molar-refractivity contribution in [2.45, 2.75) is 25.6 Å². The Balaban J connectivity index is 1.29. The van der Waals surface area contributed by atoms with Gasteiger partial charge in [-0.3, -0.25) is 4.90 Å². The number of rotatable bonds is 9. The van der Waals surface area contributed by atoms with Gasteiger partial charge in [-0.15, -0.1) is 0 Å². The Labute approximate surface area is 203 Å². The summed E-state index contributed by atoms with van der Waals surface area (Å²) in [5.41, 5.74) is 1.21. The molecule has 2 heterocycles. The van der Waals surface area contributed by atoms with Crippen molar-refractivity contribution in [2.75, 3.05) is 46.9 Å². The number of hydrogen-bond donors (Lipinski definition) is 0. The Kier molecular flexibility index (Phi) is 7.97. The van der Waals surface area contributed by atoms with E-state index in [2.05, 4.69) is 15.0 Å². The van der Waals surface area contributed by atoms with Crippen molar-refractivity contribution >= 4 is 0 Å². The lowest BCUT2D eigenvalue weighted by Gasteiger charge is -2.35. The van der Waals surface area contributed by atoms with Crippen molar-refractivity contribution in [1.82, 2.24) is 15.0 Å². The van der Waals surface area contributed by atoms with Gasteiger partial charge in [0.2, 0.25) is 0 Å². The van der Waals surface area contributed by atoms with Crippen LogP contribution in [-0.4, -0.2) is 61.9 Å². The first-order valence-corrected chi connectivity index (χ1v) is 11.7. The molecule has 1 fully saturated rings. The molecule has 1 saturated heterocycles. The molecule has 0 atom stereocenters. The number of alkyl halides is 3. The topological polar surface area (TPSA) is 51.0 Å². The summed E-state index contributed by atoms with van der Waals surface area (Å²) in [6.07, 6.45) is -2.80. The number of aromatic nitrogens is 1. The highest BCUT2D eigenvalue weighted by molar-refractivity contribution is 5.72. The van der Waals surface area contributed by atoms with E-state index in [1.165, 1.54) is 6.07 Å². The van der Waals surface area contributed by atoms with Crippen LogP contribution in [0.1, 0.15) is 23.3 Å². The second-order valence-corrected chi connectivity index (χ2v) is 8.56. The molecule has 0 amide bonds. The van der Waals surface area contributed by atoms with Gasteiger partial charge < -0.3 is 18.9 Å². The summed E-state index contributed by atoms with van der Waals surface area (Å²) in [4.78, 5) is 4.41. The molecule has 0 radical (unpaired) electrons. The molecule has 0 spiro atoms. The molecule has 1 aromatic heterocycles. The predicted octanol–water partition coefficient (Wildman–Crippen LogP) is 5.13. The van der Waals surface area contributed by atoms with E-state index in [0.717, 1.165) is 50.8 Å². The maximum atomic E-state index is 13.3. The summed E-state index contributed by atoms with van der Waals surface area (Å²) in [5.74, 6) is 2.00. The summed E-state index contributed by atoms with van der Waals surface area (Å²) in [5, 5.41) is 4.23. The number of halogens is 3. The minimum Gasteiger partial charge on any atom is -0.496 e. The van der Waals surface area contributed by atoms with Crippen LogP contribution in [0.4, 0.5) is 13.2 Å². The predicted molar refractivity (Wildman–Crippen MR) is 127 cm³/mol. The van der Waals surface area contributed by atoms with Gasteiger partial charge in [-0.1, -0.05) is 35.5 Å². The van der Waals surface area contributed by atoms with E-state index in [1.807, 2.05) is 24.3 Å². The summed E-state index contributed by atoms with van der Waals surface area (Å²) in [7, 11) is 3.21. The van der Waals surface area contributed by atoms with E-state index < -0.39 is 11.7 Å². The fourth-order valence-electron chi connectivity index (χ4n) is 4.51. The quantitative estimate of drug-likeness (QED) is 0.416. The Bertz CT molecular complexity index is 1110. The van der Waals surface area contributed by atoms with Crippen molar-refractivity contribution in [3.63, 3.8) is 0 Å². The minimum absolute atomic E-state index is 0.310. The second-order valence-electron chi connectivity index (χ2n) is 8.56. The van der Waals surface area contributed by atoms with Crippen LogP contribution in [0.2, 0.25) is 0 Å². The summed E-state index contributed by atoms with van der Waals surface area (Å²) in [6.45, 7) is 4.26. The zero-order valence-corrected chi connectivity index (χ0v) is 20.0. The number of ether oxygens (including phenoxy) is 2. The van der Waals surface area contributed by atoms with Gasteiger partial charge in [-0.2, -0.15) is 13.2 Å². The number of hydrogen-bond acceptors (Lipinski definition) is 6. The molecule has 0 bridgehead atoms. The number of piperazine rings is 1. The molecule has 9 heteroatoms. The summed E-state index contributed by atoms with van der Waals surface area (Å²) in [6, 6.07) is 13.4. The summed E-state index contributed by atoms with van der Waals surface area (Å²) >= 11 is 0. The molecule has 6 nitrogen and oxygen atoms in total. The lowest BCUT2D eigenvalue weighted by atomic mass is 10.1. The minimum atomic E-state index is -4.33. The Morgan fingerprint density at radius 2 is 1.60 bits per heavy atom. The third kappa shape index (κ3) is 5.97. The van der Waals surface area contributed by atoms with Gasteiger partial charge in [0.1, 0.15) is 5.75 Å². The van der Waals surface area contributed by atoms with Crippen LogP contribution in [0.15, 0.2) is 53.1 Å². The average molecular weight is 490 g/mol. The third-order valence-electron chi connectivity index (χ3n) is 6.34. The van der Waals surface area contributed by atoms with E-state index in [4.69, 9.17) is 14.0 Å². The number of aryl methyl sites for hydroxylation is 1. The van der Waals surface area contributed by atoms with Gasteiger partial charge in [-0.25, -0.2) is 0 Å². The van der Waals surface area contributed by atoms with Crippen LogP contribution in [0.25, 0.3) is 11.3 Å². The normalized spacial score (nSPS) is 15.3. The molecule has 4 rings (SSSR count). The molecule has 1 aliphatic rings. The molecule has 35 heavy (non-hydrogen) atoms. The lowest BCUT2D eigenvalue weighted by Crippen LogP contribution is -2.46. The molecule has 0 unspecified atom stereocenters. The van der Waals surface area contributed by atoms with Crippen LogP contribution in [0, 0.1) is 0 Å². The first kappa shape index (κ1) is 25.1. The molecular formula is C26H30F3N3O3. The maximum Gasteiger partial charge on any atom is 0.416 e. The molecule has 1 aliphatic heterocycles. The molecule has 188 valence electrons. The SMILES string of the molecule is COc1ccccc1-c1noc(CCCN2CCN(Cc3ccccc3C(F)(F)F)CC2)c1OC. The highest BCUT2D eigenvalue weighted by atomic mass is 19.4. The molecule has 0 aliphatic carbocycles. The van der Waals surface area contributed by atoms with Gasteiger partial charge >= 0.3 is 6.18 Å². The number of nitrogens with zero attached hydrogens (tertiary/aromatic N) is 3. The van der Waals surface area contributed by atoms with Crippen molar-refractivity contribution in [3.8, 4) is 22.8 Å². The van der Waals surface area contributed by atoms with Gasteiger partial charge in [0.15, 0.2) is 17.2 Å². The molecule has 2 aromatic carbocycles. The Morgan fingerprint density at radius 3 is 2.31 bits per heavy atom. The van der Waals surface area contributed by atoms with Crippen LogP contribution in [0.5, 0.6) is 11.5 Å². The maximum absolute atomic E-state index is 13.3. The highest BCUT2D eigenvalue weighted by Crippen LogP contribution is 2.38. The molecule has 0 saturated carbocycles.